The van der Waals surface area contributed by atoms with E-state index in [0.29, 0.717) is 6.54 Å². The molecule has 0 amide bonds. The van der Waals surface area contributed by atoms with Crippen molar-refractivity contribution in [1.29, 1.82) is 0 Å². The van der Waals surface area contributed by atoms with Crippen LogP contribution in [0.5, 0.6) is 0 Å². The third-order valence-electron chi connectivity index (χ3n) is 3.12. The van der Waals surface area contributed by atoms with Gasteiger partial charge in [-0.05, 0) is 31.2 Å². The molecule has 18 heavy (non-hydrogen) atoms. The van der Waals surface area contributed by atoms with Gasteiger partial charge in [-0.15, -0.1) is 22.0 Å². The maximum Gasteiger partial charge on any atom is 0.310 e. The lowest BCUT2D eigenvalue weighted by Gasteiger charge is -2.31. The molecule has 1 saturated heterocycles. The molecule has 2 rings (SSSR count). The predicted octanol–water partition coefficient (Wildman–Crippen LogP) is 1.59. The van der Waals surface area contributed by atoms with Crippen molar-refractivity contribution in [2.75, 3.05) is 31.4 Å². The zero-order valence-electron chi connectivity index (χ0n) is 10.6. The molecule has 1 aliphatic heterocycles. The van der Waals surface area contributed by atoms with Crippen LogP contribution in [0, 0.1) is 5.92 Å². The van der Waals surface area contributed by atoms with Gasteiger partial charge in [0, 0.05) is 13.1 Å². The standard InChI is InChI=1S/C12H17N3O2S/c1-17-12(16)9-4-3-7-15(8-9)10-5-6-11(18-2)14-13-10/h5-6,9H,3-4,7-8H2,1-2H3/t9-/m0/s1. The average Bonchev–Trinajstić information content (AvgIpc) is 2.46. The first-order valence-corrected chi connectivity index (χ1v) is 7.17. The number of hydrogen-bond donors (Lipinski definition) is 0. The van der Waals surface area contributed by atoms with E-state index in [1.807, 2.05) is 18.4 Å². The van der Waals surface area contributed by atoms with Crippen LogP contribution in [0.2, 0.25) is 0 Å². The van der Waals surface area contributed by atoms with Crippen molar-refractivity contribution in [3.63, 3.8) is 0 Å². The molecule has 1 atom stereocenters. The zero-order chi connectivity index (χ0) is 13.0. The predicted molar refractivity (Wildman–Crippen MR) is 70.8 cm³/mol. The van der Waals surface area contributed by atoms with Gasteiger partial charge in [0.15, 0.2) is 5.82 Å². The Balaban J connectivity index is 2.05. The Morgan fingerprint density at radius 1 is 1.50 bits per heavy atom. The molecule has 1 aromatic rings. The summed E-state index contributed by atoms with van der Waals surface area (Å²) in [5.41, 5.74) is 0. The van der Waals surface area contributed by atoms with Crippen molar-refractivity contribution >= 4 is 23.5 Å². The number of ether oxygens (including phenoxy) is 1. The van der Waals surface area contributed by atoms with Gasteiger partial charge in [0.1, 0.15) is 5.03 Å². The second kappa shape index (κ2) is 6.04. The minimum atomic E-state index is -0.131. The van der Waals surface area contributed by atoms with Gasteiger partial charge in [-0.1, -0.05) is 0 Å². The van der Waals surface area contributed by atoms with Crippen molar-refractivity contribution in [3.8, 4) is 0 Å². The Morgan fingerprint density at radius 3 is 2.94 bits per heavy atom. The molecule has 0 spiro atoms. The first-order valence-electron chi connectivity index (χ1n) is 5.95. The largest absolute Gasteiger partial charge is 0.469 e. The molecule has 0 saturated carbocycles. The topological polar surface area (TPSA) is 55.3 Å². The lowest BCUT2D eigenvalue weighted by molar-refractivity contribution is -0.145. The average molecular weight is 267 g/mol. The summed E-state index contributed by atoms with van der Waals surface area (Å²) in [5.74, 6) is 0.653. The molecule has 6 heteroatoms. The molecule has 0 aromatic carbocycles. The fraction of sp³-hybridized carbons (Fsp3) is 0.583. The first kappa shape index (κ1) is 13.1. The van der Waals surface area contributed by atoms with E-state index in [-0.39, 0.29) is 11.9 Å². The van der Waals surface area contributed by atoms with E-state index in [1.165, 1.54) is 7.11 Å². The molecule has 0 unspecified atom stereocenters. The number of rotatable bonds is 3. The molecule has 98 valence electrons. The highest BCUT2D eigenvalue weighted by Crippen LogP contribution is 2.22. The summed E-state index contributed by atoms with van der Waals surface area (Å²) in [4.78, 5) is 13.7. The number of piperidine rings is 1. The normalized spacial score (nSPS) is 19.7. The molecular formula is C12H17N3O2S. The lowest BCUT2D eigenvalue weighted by Crippen LogP contribution is -2.39. The van der Waals surface area contributed by atoms with Crippen LogP contribution in [0.15, 0.2) is 17.2 Å². The number of carbonyl (C=O) groups excluding carboxylic acids is 1. The van der Waals surface area contributed by atoms with E-state index in [0.717, 1.165) is 30.2 Å². The van der Waals surface area contributed by atoms with Gasteiger partial charge in [0.25, 0.3) is 0 Å². The van der Waals surface area contributed by atoms with E-state index in [1.54, 1.807) is 11.8 Å². The van der Waals surface area contributed by atoms with E-state index >= 15 is 0 Å². The number of methoxy groups -OCH3 is 1. The van der Waals surface area contributed by atoms with Crippen LogP contribution < -0.4 is 4.90 Å². The minimum Gasteiger partial charge on any atom is -0.469 e. The number of thioether (sulfide) groups is 1. The maximum absolute atomic E-state index is 11.6. The number of nitrogens with zero attached hydrogens (tertiary/aromatic N) is 3. The highest BCUT2D eigenvalue weighted by atomic mass is 32.2. The number of carbonyl (C=O) groups is 1. The number of aromatic nitrogens is 2. The van der Waals surface area contributed by atoms with Gasteiger partial charge in [0.05, 0.1) is 13.0 Å². The van der Waals surface area contributed by atoms with Crippen LogP contribution in [0.4, 0.5) is 5.82 Å². The first-order chi connectivity index (χ1) is 8.74. The Hall–Kier alpha value is -1.30. The van der Waals surface area contributed by atoms with E-state index in [4.69, 9.17) is 4.74 Å². The third kappa shape index (κ3) is 2.93. The summed E-state index contributed by atoms with van der Waals surface area (Å²) in [5, 5.41) is 9.22. The van der Waals surface area contributed by atoms with Crippen molar-refractivity contribution in [2.24, 2.45) is 5.92 Å². The Bertz CT molecular complexity index is 410. The molecule has 5 nitrogen and oxygen atoms in total. The minimum absolute atomic E-state index is 0.0502. The van der Waals surface area contributed by atoms with Gasteiger partial charge in [-0.3, -0.25) is 4.79 Å². The maximum atomic E-state index is 11.6. The fourth-order valence-corrected chi connectivity index (χ4v) is 2.46. The van der Waals surface area contributed by atoms with Crippen LogP contribution in [0.1, 0.15) is 12.8 Å². The number of hydrogen-bond acceptors (Lipinski definition) is 6. The summed E-state index contributed by atoms with van der Waals surface area (Å²) < 4.78 is 4.81. The third-order valence-corrected chi connectivity index (χ3v) is 3.75. The van der Waals surface area contributed by atoms with Crippen molar-refractivity contribution in [1.82, 2.24) is 10.2 Å². The highest BCUT2D eigenvalue weighted by Gasteiger charge is 2.27. The number of anilines is 1. The van der Waals surface area contributed by atoms with Crippen LogP contribution in [0.25, 0.3) is 0 Å². The molecule has 1 aliphatic rings. The Morgan fingerprint density at radius 2 is 2.33 bits per heavy atom. The summed E-state index contributed by atoms with van der Waals surface area (Å²) in [7, 11) is 1.44. The van der Waals surface area contributed by atoms with E-state index < -0.39 is 0 Å². The quantitative estimate of drug-likeness (QED) is 0.612. The Kier molecular flexibility index (Phi) is 4.41. The summed E-state index contributed by atoms with van der Waals surface area (Å²) >= 11 is 1.57. The molecule has 0 N–H and O–H groups in total. The summed E-state index contributed by atoms with van der Waals surface area (Å²) in [6.45, 7) is 1.58. The van der Waals surface area contributed by atoms with Crippen LogP contribution in [0.3, 0.4) is 0 Å². The Labute approximate surface area is 111 Å². The molecule has 0 aliphatic carbocycles. The van der Waals surface area contributed by atoms with E-state index in [2.05, 4.69) is 15.1 Å². The molecule has 0 bridgehead atoms. The number of esters is 1. The van der Waals surface area contributed by atoms with E-state index in [9.17, 15) is 4.79 Å². The smallest absolute Gasteiger partial charge is 0.310 e. The molecule has 1 aromatic heterocycles. The second-order valence-corrected chi connectivity index (χ2v) is 5.07. The molecular weight excluding hydrogens is 250 g/mol. The van der Waals surface area contributed by atoms with Crippen molar-refractivity contribution in [2.45, 2.75) is 17.9 Å². The van der Waals surface area contributed by atoms with Crippen LogP contribution in [-0.2, 0) is 9.53 Å². The van der Waals surface area contributed by atoms with Gasteiger partial charge in [-0.2, -0.15) is 0 Å². The lowest BCUT2D eigenvalue weighted by atomic mass is 9.98. The van der Waals surface area contributed by atoms with Gasteiger partial charge in [0.2, 0.25) is 0 Å². The molecule has 1 fully saturated rings. The molecule has 2 heterocycles. The van der Waals surface area contributed by atoms with Gasteiger partial charge < -0.3 is 9.64 Å². The van der Waals surface area contributed by atoms with Gasteiger partial charge >= 0.3 is 5.97 Å². The second-order valence-electron chi connectivity index (χ2n) is 4.24. The SMILES string of the molecule is COC(=O)[C@H]1CCCN(c2ccc(SC)nn2)C1. The summed E-state index contributed by atoms with van der Waals surface area (Å²) in [6, 6.07) is 3.91. The fourth-order valence-electron chi connectivity index (χ4n) is 2.13. The monoisotopic (exact) mass is 267 g/mol. The van der Waals surface area contributed by atoms with Crippen LogP contribution >= 0.6 is 11.8 Å². The van der Waals surface area contributed by atoms with Gasteiger partial charge in [-0.25, -0.2) is 0 Å². The van der Waals surface area contributed by atoms with Crippen molar-refractivity contribution in [3.05, 3.63) is 12.1 Å². The van der Waals surface area contributed by atoms with Crippen molar-refractivity contribution < 1.29 is 9.53 Å². The van der Waals surface area contributed by atoms with Crippen LogP contribution in [-0.4, -0.2) is 42.6 Å². The summed E-state index contributed by atoms with van der Waals surface area (Å²) in [6.07, 6.45) is 3.84. The molecule has 0 radical (unpaired) electrons. The highest BCUT2D eigenvalue weighted by molar-refractivity contribution is 7.98. The zero-order valence-corrected chi connectivity index (χ0v) is 11.4.